The second-order valence-corrected chi connectivity index (χ2v) is 6.69. The van der Waals surface area contributed by atoms with Crippen LogP contribution >= 0.6 is 0 Å². The van der Waals surface area contributed by atoms with Crippen LogP contribution in [0.3, 0.4) is 0 Å². The van der Waals surface area contributed by atoms with Gasteiger partial charge in [0.25, 0.3) is 0 Å². The standard InChI is InChI=1S/C19H40O2/c1-3-4-5-6-7-8-9-10-11-12-13-14-15-16-17-19(21)18(2)20/h18-21H,3-17H2,1-2H3. The summed E-state index contributed by atoms with van der Waals surface area (Å²) in [5.41, 5.74) is 0. The van der Waals surface area contributed by atoms with Crippen LogP contribution < -0.4 is 0 Å². The Morgan fingerprint density at radius 1 is 0.571 bits per heavy atom. The Bertz CT molecular complexity index is 192. The van der Waals surface area contributed by atoms with Crippen molar-refractivity contribution in [2.45, 2.75) is 122 Å². The molecular formula is C19H40O2. The fourth-order valence-electron chi connectivity index (χ4n) is 2.79. The lowest BCUT2D eigenvalue weighted by atomic mass is 10.0. The lowest BCUT2D eigenvalue weighted by Crippen LogP contribution is -2.21. The number of rotatable bonds is 16. The number of unbranched alkanes of at least 4 members (excludes halogenated alkanes) is 13. The van der Waals surface area contributed by atoms with E-state index in [4.69, 9.17) is 0 Å². The van der Waals surface area contributed by atoms with Gasteiger partial charge in [-0.2, -0.15) is 0 Å². The van der Waals surface area contributed by atoms with Crippen LogP contribution in [0, 0.1) is 0 Å². The van der Waals surface area contributed by atoms with Crippen molar-refractivity contribution in [3.8, 4) is 0 Å². The van der Waals surface area contributed by atoms with Gasteiger partial charge in [0.1, 0.15) is 0 Å². The fourth-order valence-corrected chi connectivity index (χ4v) is 2.79. The van der Waals surface area contributed by atoms with E-state index in [1.165, 1.54) is 83.5 Å². The van der Waals surface area contributed by atoms with Gasteiger partial charge in [-0.25, -0.2) is 0 Å². The molecule has 2 nitrogen and oxygen atoms in total. The normalized spacial score (nSPS) is 14.3. The third-order valence-corrected chi connectivity index (χ3v) is 4.41. The SMILES string of the molecule is CCCCCCCCCCCCCCCCC(O)C(C)O. The Morgan fingerprint density at radius 2 is 0.905 bits per heavy atom. The third kappa shape index (κ3) is 16.1. The van der Waals surface area contributed by atoms with Gasteiger partial charge in [-0.15, -0.1) is 0 Å². The van der Waals surface area contributed by atoms with Crippen LogP contribution in [0.1, 0.15) is 110 Å². The first kappa shape index (κ1) is 20.9. The first-order chi connectivity index (χ1) is 10.2. The molecule has 0 aromatic heterocycles. The molecule has 0 radical (unpaired) electrons. The smallest absolute Gasteiger partial charge is 0.0796 e. The van der Waals surface area contributed by atoms with E-state index in [1.54, 1.807) is 6.92 Å². The maximum absolute atomic E-state index is 9.47. The first-order valence-electron chi connectivity index (χ1n) is 9.54. The van der Waals surface area contributed by atoms with Gasteiger partial charge in [-0.05, 0) is 13.3 Å². The molecule has 0 rings (SSSR count). The number of aliphatic hydroxyl groups is 2. The Morgan fingerprint density at radius 3 is 1.24 bits per heavy atom. The van der Waals surface area contributed by atoms with Crippen molar-refractivity contribution in [2.24, 2.45) is 0 Å². The van der Waals surface area contributed by atoms with Crippen LogP contribution in [0.25, 0.3) is 0 Å². The Labute approximate surface area is 133 Å². The van der Waals surface area contributed by atoms with E-state index in [0.717, 1.165) is 12.8 Å². The summed E-state index contributed by atoms with van der Waals surface area (Å²) in [6, 6.07) is 0. The molecule has 0 aliphatic rings. The molecule has 0 fully saturated rings. The minimum Gasteiger partial charge on any atom is -0.391 e. The fraction of sp³-hybridized carbons (Fsp3) is 1.00. The maximum atomic E-state index is 9.47. The van der Waals surface area contributed by atoms with E-state index in [9.17, 15) is 10.2 Å². The van der Waals surface area contributed by atoms with Crippen molar-refractivity contribution >= 4 is 0 Å². The van der Waals surface area contributed by atoms with Crippen LogP contribution in [0.5, 0.6) is 0 Å². The molecule has 0 amide bonds. The zero-order valence-electron chi connectivity index (χ0n) is 14.7. The van der Waals surface area contributed by atoms with Gasteiger partial charge in [0, 0.05) is 0 Å². The average molecular weight is 301 g/mol. The van der Waals surface area contributed by atoms with E-state index in [0.29, 0.717) is 0 Å². The van der Waals surface area contributed by atoms with Crippen molar-refractivity contribution in [3.05, 3.63) is 0 Å². The minimum atomic E-state index is -0.577. The summed E-state index contributed by atoms with van der Waals surface area (Å²) in [7, 11) is 0. The molecule has 2 heteroatoms. The number of hydrogen-bond acceptors (Lipinski definition) is 2. The molecular weight excluding hydrogens is 260 g/mol. The molecule has 0 saturated carbocycles. The summed E-state index contributed by atoms with van der Waals surface area (Å²) >= 11 is 0. The molecule has 0 bridgehead atoms. The van der Waals surface area contributed by atoms with Crippen molar-refractivity contribution in [2.75, 3.05) is 0 Å². The van der Waals surface area contributed by atoms with Crippen LogP contribution in [0.15, 0.2) is 0 Å². The highest BCUT2D eigenvalue weighted by molar-refractivity contribution is 4.61. The molecule has 0 spiro atoms. The quantitative estimate of drug-likeness (QED) is 0.364. The zero-order chi connectivity index (χ0) is 15.8. The largest absolute Gasteiger partial charge is 0.391 e. The van der Waals surface area contributed by atoms with Crippen LogP contribution in [0.4, 0.5) is 0 Å². The van der Waals surface area contributed by atoms with E-state index in [1.807, 2.05) is 0 Å². The minimum absolute atomic E-state index is 0.526. The topological polar surface area (TPSA) is 40.5 Å². The third-order valence-electron chi connectivity index (χ3n) is 4.41. The molecule has 0 aliphatic carbocycles. The Kier molecular flexibility index (Phi) is 16.2. The van der Waals surface area contributed by atoms with Crippen molar-refractivity contribution in [1.29, 1.82) is 0 Å². The second-order valence-electron chi connectivity index (χ2n) is 6.69. The predicted octanol–water partition coefficient (Wildman–Crippen LogP) is 5.60. The molecule has 2 unspecified atom stereocenters. The van der Waals surface area contributed by atoms with E-state index in [-0.39, 0.29) is 0 Å². The van der Waals surface area contributed by atoms with Crippen LogP contribution in [0.2, 0.25) is 0 Å². The highest BCUT2D eigenvalue weighted by atomic mass is 16.3. The summed E-state index contributed by atoms with van der Waals surface area (Å²) in [6.45, 7) is 3.93. The molecule has 21 heavy (non-hydrogen) atoms. The molecule has 0 heterocycles. The predicted molar refractivity (Wildman–Crippen MR) is 92.6 cm³/mol. The van der Waals surface area contributed by atoms with Gasteiger partial charge < -0.3 is 10.2 Å². The molecule has 2 N–H and O–H groups in total. The lowest BCUT2D eigenvalue weighted by Gasteiger charge is -2.12. The average Bonchev–Trinajstić information content (AvgIpc) is 2.47. The molecule has 0 aromatic rings. The molecule has 0 aliphatic heterocycles. The zero-order valence-corrected chi connectivity index (χ0v) is 14.7. The number of hydrogen-bond donors (Lipinski definition) is 2. The molecule has 2 atom stereocenters. The van der Waals surface area contributed by atoms with Crippen molar-refractivity contribution in [1.82, 2.24) is 0 Å². The van der Waals surface area contributed by atoms with Gasteiger partial charge in [0.05, 0.1) is 12.2 Å². The van der Waals surface area contributed by atoms with E-state index >= 15 is 0 Å². The van der Waals surface area contributed by atoms with Crippen molar-refractivity contribution < 1.29 is 10.2 Å². The Balaban J connectivity index is 3.03. The summed E-state index contributed by atoms with van der Waals surface area (Å²) in [5.74, 6) is 0. The highest BCUT2D eigenvalue weighted by Crippen LogP contribution is 2.14. The summed E-state index contributed by atoms with van der Waals surface area (Å²) in [6.07, 6.45) is 18.6. The lowest BCUT2D eigenvalue weighted by molar-refractivity contribution is 0.0247. The monoisotopic (exact) mass is 300 g/mol. The number of aliphatic hydroxyl groups excluding tert-OH is 2. The van der Waals surface area contributed by atoms with Crippen molar-refractivity contribution in [3.63, 3.8) is 0 Å². The van der Waals surface area contributed by atoms with Crippen LogP contribution in [-0.4, -0.2) is 22.4 Å². The highest BCUT2D eigenvalue weighted by Gasteiger charge is 2.09. The molecule has 0 aromatic carbocycles. The van der Waals surface area contributed by atoms with E-state index in [2.05, 4.69) is 6.92 Å². The van der Waals surface area contributed by atoms with E-state index < -0.39 is 12.2 Å². The van der Waals surface area contributed by atoms with Gasteiger partial charge in [0.2, 0.25) is 0 Å². The van der Waals surface area contributed by atoms with Gasteiger partial charge in [-0.3, -0.25) is 0 Å². The second kappa shape index (κ2) is 16.3. The first-order valence-corrected chi connectivity index (χ1v) is 9.54. The summed E-state index contributed by atoms with van der Waals surface area (Å²) < 4.78 is 0. The Hall–Kier alpha value is -0.0800. The maximum Gasteiger partial charge on any atom is 0.0796 e. The molecule has 0 saturated heterocycles. The summed E-state index contributed by atoms with van der Waals surface area (Å²) in [4.78, 5) is 0. The van der Waals surface area contributed by atoms with Gasteiger partial charge >= 0.3 is 0 Å². The summed E-state index contributed by atoms with van der Waals surface area (Å²) in [5, 5.41) is 18.6. The molecule has 128 valence electrons. The van der Waals surface area contributed by atoms with Gasteiger partial charge in [0.15, 0.2) is 0 Å². The van der Waals surface area contributed by atoms with Gasteiger partial charge in [-0.1, -0.05) is 96.8 Å². The van der Waals surface area contributed by atoms with Crippen LogP contribution in [-0.2, 0) is 0 Å².